The second kappa shape index (κ2) is 8.80. The number of carboxylic acid groups (broad SMARTS) is 1. The highest BCUT2D eigenvalue weighted by Gasteiger charge is 2.14. The first-order valence-electron chi connectivity index (χ1n) is 8.99. The van der Waals surface area contributed by atoms with Crippen molar-refractivity contribution in [2.24, 2.45) is 5.10 Å². The summed E-state index contributed by atoms with van der Waals surface area (Å²) >= 11 is 6.08. The second-order valence-corrected chi connectivity index (χ2v) is 7.04. The average molecular weight is 441 g/mol. The molecule has 0 unspecified atom stereocenters. The molecule has 1 amide bonds. The number of carbonyl (C=O) groups excluding carboxylic acids is 1. The summed E-state index contributed by atoms with van der Waals surface area (Å²) in [5.41, 5.74) is 5.63. The lowest BCUT2D eigenvalue weighted by Crippen LogP contribution is -2.17. The standard InChI is InChI=1S/C21H17ClN4O5/c1-12-9-15(11-23-24-20(27)14-3-5-16(6-4-14)26(30)31)13(2)25(12)17-7-8-18(21(28)29)19(22)10-17/h3-11H,1-2H3,(H,24,27)(H,28,29)/b23-11-. The van der Waals surface area contributed by atoms with Gasteiger partial charge in [-0.3, -0.25) is 14.9 Å². The number of rotatable bonds is 6. The van der Waals surface area contributed by atoms with Gasteiger partial charge >= 0.3 is 5.97 Å². The minimum atomic E-state index is -1.10. The third-order valence-corrected chi connectivity index (χ3v) is 4.93. The van der Waals surface area contributed by atoms with Crippen LogP contribution in [0.5, 0.6) is 0 Å². The SMILES string of the molecule is Cc1cc(/C=N\NC(=O)c2ccc([N+](=O)[O-])cc2)c(C)n1-c1ccc(C(=O)O)c(Cl)c1. The molecule has 3 aromatic rings. The van der Waals surface area contributed by atoms with Crippen molar-refractivity contribution in [2.45, 2.75) is 13.8 Å². The maximum Gasteiger partial charge on any atom is 0.337 e. The van der Waals surface area contributed by atoms with E-state index in [2.05, 4.69) is 10.5 Å². The number of nitrogens with zero attached hydrogens (tertiary/aromatic N) is 3. The Morgan fingerprint density at radius 3 is 2.42 bits per heavy atom. The van der Waals surface area contributed by atoms with Crippen molar-refractivity contribution >= 4 is 35.4 Å². The zero-order valence-electron chi connectivity index (χ0n) is 16.5. The second-order valence-electron chi connectivity index (χ2n) is 6.63. The highest BCUT2D eigenvalue weighted by atomic mass is 35.5. The summed E-state index contributed by atoms with van der Waals surface area (Å²) in [6.45, 7) is 3.73. The van der Waals surface area contributed by atoms with E-state index < -0.39 is 16.8 Å². The van der Waals surface area contributed by atoms with E-state index in [-0.39, 0.29) is 21.8 Å². The summed E-state index contributed by atoms with van der Waals surface area (Å²) in [4.78, 5) is 33.5. The van der Waals surface area contributed by atoms with E-state index in [0.717, 1.165) is 17.0 Å². The number of nitro groups is 1. The monoisotopic (exact) mass is 440 g/mol. The summed E-state index contributed by atoms with van der Waals surface area (Å²) in [6, 6.07) is 11.7. The van der Waals surface area contributed by atoms with Gasteiger partial charge in [0.2, 0.25) is 0 Å². The number of carbonyl (C=O) groups is 2. The van der Waals surface area contributed by atoms with E-state index >= 15 is 0 Å². The molecule has 2 N–H and O–H groups in total. The van der Waals surface area contributed by atoms with Crippen LogP contribution in [-0.4, -0.2) is 32.7 Å². The number of hydrogen-bond donors (Lipinski definition) is 2. The highest BCUT2D eigenvalue weighted by molar-refractivity contribution is 6.33. The van der Waals surface area contributed by atoms with Crippen LogP contribution in [0.4, 0.5) is 5.69 Å². The molecule has 0 atom stereocenters. The Labute approximate surface area is 181 Å². The van der Waals surface area contributed by atoms with Crippen molar-refractivity contribution in [3.63, 3.8) is 0 Å². The number of nitrogens with one attached hydrogen (secondary N) is 1. The molecule has 2 aromatic carbocycles. The maximum absolute atomic E-state index is 12.2. The molecule has 1 aromatic heterocycles. The number of aromatic carboxylic acids is 1. The summed E-state index contributed by atoms with van der Waals surface area (Å²) in [7, 11) is 0. The van der Waals surface area contributed by atoms with Crippen LogP contribution in [0, 0.1) is 24.0 Å². The quantitative estimate of drug-likeness (QED) is 0.338. The summed E-state index contributed by atoms with van der Waals surface area (Å²) in [6.07, 6.45) is 1.48. The van der Waals surface area contributed by atoms with E-state index in [1.165, 1.54) is 36.5 Å². The van der Waals surface area contributed by atoms with Crippen molar-refractivity contribution in [3.05, 3.63) is 91.7 Å². The smallest absolute Gasteiger partial charge is 0.337 e. The highest BCUT2D eigenvalue weighted by Crippen LogP contribution is 2.25. The number of halogens is 1. The first kappa shape index (κ1) is 21.7. The van der Waals surface area contributed by atoms with Crippen LogP contribution in [0.25, 0.3) is 5.69 Å². The van der Waals surface area contributed by atoms with Gasteiger partial charge in [0, 0.05) is 40.3 Å². The topological polar surface area (TPSA) is 127 Å². The molecule has 0 aliphatic heterocycles. The molecule has 0 aliphatic carbocycles. The van der Waals surface area contributed by atoms with E-state index in [1.54, 1.807) is 12.1 Å². The van der Waals surface area contributed by atoms with Gasteiger partial charge in [-0.1, -0.05) is 11.6 Å². The van der Waals surface area contributed by atoms with E-state index in [9.17, 15) is 19.7 Å². The predicted molar refractivity (Wildman–Crippen MR) is 115 cm³/mol. The molecule has 0 saturated carbocycles. The Morgan fingerprint density at radius 1 is 1.16 bits per heavy atom. The molecule has 1 heterocycles. The summed E-state index contributed by atoms with van der Waals surface area (Å²) in [5, 5.41) is 23.9. The number of hydrogen-bond acceptors (Lipinski definition) is 5. The molecular formula is C21H17ClN4O5. The van der Waals surface area contributed by atoms with Crippen molar-refractivity contribution in [1.29, 1.82) is 0 Å². The first-order valence-corrected chi connectivity index (χ1v) is 9.37. The van der Waals surface area contributed by atoms with Gasteiger partial charge in [-0.2, -0.15) is 5.10 Å². The van der Waals surface area contributed by atoms with Crippen LogP contribution in [0.3, 0.4) is 0 Å². The number of non-ortho nitro benzene ring substituents is 1. The van der Waals surface area contributed by atoms with Gasteiger partial charge in [-0.05, 0) is 50.2 Å². The first-order chi connectivity index (χ1) is 14.7. The van der Waals surface area contributed by atoms with Crippen molar-refractivity contribution in [2.75, 3.05) is 0 Å². The number of hydrazone groups is 1. The van der Waals surface area contributed by atoms with Crippen LogP contribution in [0.2, 0.25) is 5.02 Å². The van der Waals surface area contributed by atoms with Gasteiger partial charge in [-0.15, -0.1) is 0 Å². The number of nitro benzene ring substituents is 1. The van der Waals surface area contributed by atoms with Crippen LogP contribution < -0.4 is 5.43 Å². The Kier molecular flexibility index (Phi) is 6.17. The molecule has 0 bridgehead atoms. The lowest BCUT2D eigenvalue weighted by Gasteiger charge is -2.11. The number of benzene rings is 2. The molecule has 158 valence electrons. The van der Waals surface area contributed by atoms with Crippen LogP contribution in [-0.2, 0) is 0 Å². The zero-order chi connectivity index (χ0) is 22.7. The largest absolute Gasteiger partial charge is 0.478 e. The van der Waals surface area contributed by atoms with Crippen molar-refractivity contribution in [3.8, 4) is 5.69 Å². The minimum Gasteiger partial charge on any atom is -0.478 e. The van der Waals surface area contributed by atoms with Gasteiger partial charge in [0.15, 0.2) is 0 Å². The molecule has 31 heavy (non-hydrogen) atoms. The van der Waals surface area contributed by atoms with Crippen molar-refractivity contribution in [1.82, 2.24) is 9.99 Å². The number of amides is 1. The molecule has 0 aliphatic rings. The fraction of sp³-hybridized carbons (Fsp3) is 0.0952. The van der Waals surface area contributed by atoms with Gasteiger partial charge in [0.25, 0.3) is 11.6 Å². The van der Waals surface area contributed by atoms with Crippen LogP contribution in [0.15, 0.2) is 53.6 Å². The molecule has 0 spiro atoms. The Morgan fingerprint density at radius 2 is 1.84 bits per heavy atom. The molecule has 0 fully saturated rings. The number of carboxylic acids is 1. The van der Waals surface area contributed by atoms with Crippen molar-refractivity contribution < 1.29 is 19.6 Å². The van der Waals surface area contributed by atoms with Gasteiger partial charge < -0.3 is 9.67 Å². The lowest BCUT2D eigenvalue weighted by atomic mass is 10.2. The molecular weight excluding hydrogens is 424 g/mol. The van der Waals surface area contributed by atoms with Crippen LogP contribution >= 0.6 is 11.6 Å². The average Bonchev–Trinajstić information content (AvgIpc) is 3.00. The molecule has 0 radical (unpaired) electrons. The molecule has 9 nitrogen and oxygen atoms in total. The molecule has 10 heteroatoms. The fourth-order valence-electron chi connectivity index (χ4n) is 3.09. The zero-order valence-corrected chi connectivity index (χ0v) is 17.3. The summed E-state index contributed by atoms with van der Waals surface area (Å²) in [5.74, 6) is -1.61. The maximum atomic E-state index is 12.2. The van der Waals surface area contributed by atoms with Gasteiger partial charge in [0.1, 0.15) is 0 Å². The summed E-state index contributed by atoms with van der Waals surface area (Å²) < 4.78 is 1.89. The van der Waals surface area contributed by atoms with E-state index in [4.69, 9.17) is 16.7 Å². The number of aryl methyl sites for hydroxylation is 1. The van der Waals surface area contributed by atoms with Gasteiger partial charge in [-0.25, -0.2) is 10.2 Å². The molecule has 3 rings (SSSR count). The van der Waals surface area contributed by atoms with Crippen LogP contribution in [0.1, 0.15) is 37.7 Å². The Bertz CT molecular complexity index is 1220. The normalized spacial score (nSPS) is 10.9. The third-order valence-electron chi connectivity index (χ3n) is 4.62. The van der Waals surface area contributed by atoms with E-state index in [1.807, 2.05) is 24.5 Å². The minimum absolute atomic E-state index is 0.0172. The van der Waals surface area contributed by atoms with Gasteiger partial charge in [0.05, 0.1) is 21.7 Å². The Balaban J connectivity index is 1.78. The fourth-order valence-corrected chi connectivity index (χ4v) is 3.35. The molecule has 0 saturated heterocycles. The number of aromatic nitrogens is 1. The van der Waals surface area contributed by atoms with E-state index in [0.29, 0.717) is 5.69 Å². The lowest BCUT2D eigenvalue weighted by molar-refractivity contribution is -0.384. The Hall–Kier alpha value is -3.98. The third kappa shape index (κ3) is 4.62. The predicted octanol–water partition coefficient (Wildman–Crippen LogP) is 4.12.